The summed E-state index contributed by atoms with van der Waals surface area (Å²) in [7, 11) is 0. The van der Waals surface area contributed by atoms with Gasteiger partial charge in [-0.1, -0.05) is 0 Å². The maximum Gasteiger partial charge on any atom is 0.253 e. The lowest BCUT2D eigenvalue weighted by Crippen LogP contribution is -2.29. The largest absolute Gasteiger partial charge is 0.383 e. The van der Waals surface area contributed by atoms with Crippen molar-refractivity contribution in [3.63, 3.8) is 0 Å². The molecule has 0 aliphatic carbocycles. The van der Waals surface area contributed by atoms with Crippen LogP contribution >= 0.6 is 11.8 Å². The van der Waals surface area contributed by atoms with Crippen molar-refractivity contribution in [3.8, 4) is 0 Å². The fourth-order valence-electron chi connectivity index (χ4n) is 3.51. The van der Waals surface area contributed by atoms with Gasteiger partial charge in [0.25, 0.3) is 5.91 Å². The Morgan fingerprint density at radius 1 is 1.21 bits per heavy atom. The molecule has 5 nitrogen and oxygen atoms in total. The van der Waals surface area contributed by atoms with Crippen LogP contribution in [-0.4, -0.2) is 51.5 Å². The minimum Gasteiger partial charge on any atom is -0.383 e. The average molecular weight is 342 g/mol. The summed E-state index contributed by atoms with van der Waals surface area (Å²) in [6.45, 7) is 3.56. The molecule has 126 valence electrons. The number of likely N-dealkylation sites (tertiary alicyclic amines) is 1. The Hall–Kier alpha value is -1.95. The van der Waals surface area contributed by atoms with E-state index in [0.29, 0.717) is 11.8 Å². The quantitative estimate of drug-likeness (QED) is 0.907. The molecular weight excluding hydrogens is 320 g/mol. The van der Waals surface area contributed by atoms with E-state index in [-0.39, 0.29) is 5.91 Å². The van der Waals surface area contributed by atoms with E-state index in [1.165, 1.54) is 11.5 Å². The Labute approximate surface area is 146 Å². The molecule has 2 atom stereocenters. The number of fused-ring (bicyclic) bond motifs is 1. The fourth-order valence-corrected chi connectivity index (χ4v) is 5.01. The molecule has 2 aliphatic heterocycles. The van der Waals surface area contributed by atoms with Crippen LogP contribution in [0.1, 0.15) is 10.4 Å². The van der Waals surface area contributed by atoms with Crippen molar-refractivity contribution >= 4 is 23.4 Å². The Bertz CT molecular complexity index is 674. The summed E-state index contributed by atoms with van der Waals surface area (Å²) in [4.78, 5) is 18.7. The molecule has 0 unspecified atom stereocenters. The predicted molar refractivity (Wildman–Crippen MR) is 97.4 cm³/mol. The second kappa shape index (κ2) is 6.89. The van der Waals surface area contributed by atoms with Gasteiger partial charge >= 0.3 is 0 Å². The first kappa shape index (κ1) is 15.6. The molecule has 2 fully saturated rings. The predicted octanol–water partition coefficient (Wildman–Crippen LogP) is 2.43. The van der Waals surface area contributed by atoms with Crippen molar-refractivity contribution in [2.75, 3.05) is 36.5 Å². The van der Waals surface area contributed by atoms with E-state index in [1.807, 2.05) is 58.0 Å². The number of anilines is 1. The van der Waals surface area contributed by atoms with Gasteiger partial charge in [-0.2, -0.15) is 11.8 Å². The molecule has 2 aliphatic rings. The lowest BCUT2D eigenvalue weighted by atomic mass is 10.0. The van der Waals surface area contributed by atoms with Gasteiger partial charge in [0, 0.05) is 49.8 Å². The first-order valence-electron chi connectivity index (χ1n) is 8.46. The Balaban J connectivity index is 1.31. The zero-order valence-corrected chi connectivity index (χ0v) is 14.4. The standard InChI is InChI=1S/C18H22N4OS/c23-18(22-9-15-11-24-12-16(15)10-22)14-1-3-17(4-2-14)20-6-8-21-7-5-19-13-21/h1-5,7,13,15-16,20H,6,8-12H2/t15-,16+. The van der Waals surface area contributed by atoms with Crippen LogP contribution in [0.3, 0.4) is 0 Å². The minimum atomic E-state index is 0.180. The number of amides is 1. The summed E-state index contributed by atoms with van der Waals surface area (Å²) in [5.41, 5.74) is 1.84. The Kier molecular flexibility index (Phi) is 4.47. The van der Waals surface area contributed by atoms with Crippen molar-refractivity contribution in [3.05, 3.63) is 48.5 Å². The van der Waals surface area contributed by atoms with Crippen LogP contribution in [0.4, 0.5) is 5.69 Å². The lowest BCUT2D eigenvalue weighted by Gasteiger charge is -2.17. The van der Waals surface area contributed by atoms with Crippen molar-refractivity contribution < 1.29 is 4.79 Å². The van der Waals surface area contributed by atoms with Gasteiger partial charge in [0.2, 0.25) is 0 Å². The number of hydrogen-bond donors (Lipinski definition) is 1. The molecule has 4 rings (SSSR count). The molecule has 6 heteroatoms. The molecule has 1 aromatic carbocycles. The van der Waals surface area contributed by atoms with Crippen LogP contribution in [0.5, 0.6) is 0 Å². The molecule has 3 heterocycles. The summed E-state index contributed by atoms with van der Waals surface area (Å²) in [5.74, 6) is 4.04. The van der Waals surface area contributed by atoms with E-state index in [9.17, 15) is 4.79 Å². The molecule has 0 bridgehead atoms. The molecule has 1 aromatic heterocycles. The fraction of sp³-hybridized carbons (Fsp3) is 0.444. The number of benzene rings is 1. The number of nitrogens with zero attached hydrogens (tertiary/aromatic N) is 3. The molecule has 0 saturated carbocycles. The van der Waals surface area contributed by atoms with Crippen LogP contribution in [0.2, 0.25) is 0 Å². The summed E-state index contributed by atoms with van der Waals surface area (Å²) in [6, 6.07) is 7.86. The van der Waals surface area contributed by atoms with Crippen LogP contribution < -0.4 is 5.32 Å². The Morgan fingerprint density at radius 2 is 1.96 bits per heavy atom. The minimum absolute atomic E-state index is 0.180. The molecule has 1 N–H and O–H groups in total. The number of imidazole rings is 1. The summed E-state index contributed by atoms with van der Waals surface area (Å²) >= 11 is 2.03. The van der Waals surface area contributed by atoms with Gasteiger partial charge in [0.15, 0.2) is 0 Å². The SMILES string of the molecule is O=C(c1ccc(NCCn2ccnc2)cc1)N1C[C@H]2CSC[C@H]2C1. The highest BCUT2D eigenvalue weighted by Gasteiger charge is 2.38. The molecule has 2 saturated heterocycles. The molecule has 0 spiro atoms. The Morgan fingerprint density at radius 3 is 2.62 bits per heavy atom. The van der Waals surface area contributed by atoms with Crippen molar-refractivity contribution in [2.24, 2.45) is 11.8 Å². The highest BCUT2D eigenvalue weighted by atomic mass is 32.2. The van der Waals surface area contributed by atoms with Gasteiger partial charge in [-0.3, -0.25) is 4.79 Å². The van der Waals surface area contributed by atoms with Gasteiger partial charge < -0.3 is 14.8 Å². The molecule has 1 amide bonds. The van der Waals surface area contributed by atoms with Crippen LogP contribution in [0, 0.1) is 11.8 Å². The van der Waals surface area contributed by atoms with E-state index in [2.05, 4.69) is 10.3 Å². The summed E-state index contributed by atoms with van der Waals surface area (Å²) < 4.78 is 2.04. The number of rotatable bonds is 5. The normalized spacial score (nSPS) is 22.6. The third kappa shape index (κ3) is 3.29. The maximum atomic E-state index is 12.6. The number of carbonyl (C=O) groups excluding carboxylic acids is 1. The number of carbonyl (C=O) groups is 1. The molecule has 0 radical (unpaired) electrons. The van der Waals surface area contributed by atoms with Gasteiger partial charge in [-0.15, -0.1) is 0 Å². The number of thioether (sulfide) groups is 1. The number of hydrogen-bond acceptors (Lipinski definition) is 4. The highest BCUT2D eigenvalue weighted by Crippen LogP contribution is 2.36. The van der Waals surface area contributed by atoms with Crippen molar-refractivity contribution in [1.82, 2.24) is 14.5 Å². The van der Waals surface area contributed by atoms with Crippen molar-refractivity contribution in [2.45, 2.75) is 6.54 Å². The number of aromatic nitrogens is 2. The smallest absolute Gasteiger partial charge is 0.253 e. The summed E-state index contributed by atoms with van der Waals surface area (Å²) in [5, 5.41) is 3.37. The van der Waals surface area contributed by atoms with Crippen LogP contribution in [0.25, 0.3) is 0 Å². The zero-order chi connectivity index (χ0) is 16.4. The van der Waals surface area contributed by atoms with E-state index in [1.54, 1.807) is 6.20 Å². The van der Waals surface area contributed by atoms with Gasteiger partial charge in [0.1, 0.15) is 0 Å². The third-order valence-corrected chi connectivity index (χ3v) is 6.25. The first-order valence-corrected chi connectivity index (χ1v) is 9.62. The molecule has 2 aromatic rings. The highest BCUT2D eigenvalue weighted by molar-refractivity contribution is 7.99. The summed E-state index contributed by atoms with van der Waals surface area (Å²) in [6.07, 6.45) is 5.55. The van der Waals surface area contributed by atoms with Crippen LogP contribution in [0.15, 0.2) is 43.0 Å². The molecular formula is C18H22N4OS. The monoisotopic (exact) mass is 342 g/mol. The van der Waals surface area contributed by atoms with Crippen molar-refractivity contribution in [1.29, 1.82) is 0 Å². The first-order chi connectivity index (χ1) is 11.8. The van der Waals surface area contributed by atoms with E-state index >= 15 is 0 Å². The van der Waals surface area contributed by atoms with E-state index in [0.717, 1.165) is 37.4 Å². The topological polar surface area (TPSA) is 50.2 Å². The number of nitrogens with one attached hydrogen (secondary N) is 1. The lowest BCUT2D eigenvalue weighted by molar-refractivity contribution is 0.0785. The second-order valence-corrected chi connectivity index (χ2v) is 7.65. The van der Waals surface area contributed by atoms with Gasteiger partial charge in [0.05, 0.1) is 6.33 Å². The maximum absolute atomic E-state index is 12.6. The molecule has 24 heavy (non-hydrogen) atoms. The van der Waals surface area contributed by atoms with E-state index < -0.39 is 0 Å². The van der Waals surface area contributed by atoms with Crippen LogP contribution in [-0.2, 0) is 6.54 Å². The average Bonchev–Trinajstić information content (AvgIpc) is 3.32. The van der Waals surface area contributed by atoms with E-state index in [4.69, 9.17) is 0 Å². The second-order valence-electron chi connectivity index (χ2n) is 6.57. The van der Waals surface area contributed by atoms with Gasteiger partial charge in [-0.25, -0.2) is 4.98 Å². The zero-order valence-electron chi connectivity index (χ0n) is 13.6. The van der Waals surface area contributed by atoms with Gasteiger partial charge in [-0.05, 0) is 47.6 Å². The third-order valence-electron chi connectivity index (χ3n) is 4.92.